The van der Waals surface area contributed by atoms with Gasteiger partial charge < -0.3 is 15.4 Å². The summed E-state index contributed by atoms with van der Waals surface area (Å²) in [5, 5.41) is 24.3. The van der Waals surface area contributed by atoms with Gasteiger partial charge in [0.15, 0.2) is 0 Å². The summed E-state index contributed by atoms with van der Waals surface area (Å²) in [6.45, 7) is 4.47. The number of aromatic nitrogens is 2. The van der Waals surface area contributed by atoms with E-state index < -0.39 is 0 Å². The van der Waals surface area contributed by atoms with Gasteiger partial charge in [0.25, 0.3) is 0 Å². The number of hydrogen-bond acceptors (Lipinski definition) is 8. The lowest BCUT2D eigenvalue weighted by molar-refractivity contribution is -0.118. The Morgan fingerprint density at radius 2 is 1.80 bits per heavy atom. The standard InChI is InChI=1S/C26H24N6O2S/c1-16-9-20(12-28)10-17(2)24(16)34-25-22(35-15-23(33)29-13-19-3-4-19)14-30-26(32-25)31-21-7-5-18(11-27)6-8-21/h5-10,14,19H,3-4,13,15H2,1-2H3,(H,29,33)(H,30,31,32). The third kappa shape index (κ3) is 6.50. The molecule has 0 radical (unpaired) electrons. The average molecular weight is 485 g/mol. The monoisotopic (exact) mass is 484 g/mol. The number of thioether (sulfide) groups is 1. The van der Waals surface area contributed by atoms with Crippen LogP contribution in [0.15, 0.2) is 47.5 Å². The van der Waals surface area contributed by atoms with Gasteiger partial charge in [-0.15, -0.1) is 11.8 Å². The number of nitrogens with zero attached hydrogens (tertiary/aromatic N) is 4. The van der Waals surface area contributed by atoms with Crippen molar-refractivity contribution in [3.8, 4) is 23.8 Å². The number of carbonyl (C=O) groups is 1. The van der Waals surface area contributed by atoms with Crippen LogP contribution in [0.1, 0.15) is 35.1 Å². The molecule has 0 aliphatic heterocycles. The van der Waals surface area contributed by atoms with Crippen LogP contribution in [0.3, 0.4) is 0 Å². The van der Waals surface area contributed by atoms with Gasteiger partial charge in [-0.05, 0) is 80.1 Å². The lowest BCUT2D eigenvalue weighted by Gasteiger charge is -2.15. The summed E-state index contributed by atoms with van der Waals surface area (Å²) in [6.07, 6.45) is 3.98. The lowest BCUT2D eigenvalue weighted by atomic mass is 10.1. The lowest BCUT2D eigenvalue weighted by Crippen LogP contribution is -2.27. The minimum absolute atomic E-state index is 0.0432. The number of carbonyl (C=O) groups excluding carboxylic acids is 1. The molecule has 1 aliphatic rings. The molecule has 2 aromatic carbocycles. The normalized spacial score (nSPS) is 12.3. The van der Waals surface area contributed by atoms with Crippen LogP contribution in [0.5, 0.6) is 11.6 Å². The molecule has 0 atom stereocenters. The number of benzene rings is 2. The number of nitriles is 2. The number of ether oxygens (including phenoxy) is 1. The summed E-state index contributed by atoms with van der Waals surface area (Å²) < 4.78 is 6.23. The van der Waals surface area contributed by atoms with Crippen LogP contribution in [0.4, 0.5) is 11.6 Å². The van der Waals surface area contributed by atoms with Gasteiger partial charge in [-0.25, -0.2) is 4.98 Å². The predicted octanol–water partition coefficient (Wildman–Crippen LogP) is 4.99. The fraction of sp³-hybridized carbons (Fsp3) is 0.269. The smallest absolute Gasteiger partial charge is 0.237 e. The first kappa shape index (κ1) is 24.1. The summed E-state index contributed by atoms with van der Waals surface area (Å²) in [5.74, 6) is 2.02. The van der Waals surface area contributed by atoms with E-state index in [2.05, 4.69) is 32.7 Å². The molecule has 0 spiro atoms. The average Bonchev–Trinajstić information content (AvgIpc) is 3.69. The molecule has 35 heavy (non-hydrogen) atoms. The molecule has 1 saturated carbocycles. The second-order valence-electron chi connectivity index (χ2n) is 8.37. The maximum atomic E-state index is 12.3. The molecule has 2 N–H and O–H groups in total. The van der Waals surface area contributed by atoms with Crippen molar-refractivity contribution in [2.75, 3.05) is 17.6 Å². The van der Waals surface area contributed by atoms with Gasteiger partial charge in [-0.3, -0.25) is 4.79 Å². The zero-order chi connectivity index (χ0) is 24.8. The van der Waals surface area contributed by atoms with E-state index in [9.17, 15) is 10.1 Å². The summed E-state index contributed by atoms with van der Waals surface area (Å²) in [4.78, 5) is 21.9. The van der Waals surface area contributed by atoms with Gasteiger partial charge in [0.05, 0.1) is 33.9 Å². The molecule has 9 heteroatoms. The molecule has 3 aromatic rings. The number of aryl methyl sites for hydroxylation is 2. The van der Waals surface area contributed by atoms with E-state index in [4.69, 9.17) is 10.00 Å². The van der Waals surface area contributed by atoms with Crippen molar-refractivity contribution in [2.45, 2.75) is 31.6 Å². The van der Waals surface area contributed by atoms with Crippen LogP contribution < -0.4 is 15.4 Å². The highest BCUT2D eigenvalue weighted by atomic mass is 32.2. The molecule has 0 unspecified atom stereocenters. The van der Waals surface area contributed by atoms with Crippen molar-refractivity contribution in [2.24, 2.45) is 5.92 Å². The maximum absolute atomic E-state index is 12.3. The number of nitrogens with one attached hydrogen (secondary N) is 2. The molecule has 1 heterocycles. The third-order valence-corrected chi connectivity index (χ3v) is 6.42. The van der Waals surface area contributed by atoms with Gasteiger partial charge >= 0.3 is 0 Å². The fourth-order valence-electron chi connectivity index (χ4n) is 3.39. The third-order valence-electron chi connectivity index (χ3n) is 5.42. The molecule has 0 saturated heterocycles. The van der Waals surface area contributed by atoms with Gasteiger partial charge in [-0.2, -0.15) is 15.5 Å². The van der Waals surface area contributed by atoms with Crippen molar-refractivity contribution < 1.29 is 9.53 Å². The molecule has 1 amide bonds. The van der Waals surface area contributed by atoms with Gasteiger partial charge in [0.1, 0.15) is 5.75 Å². The predicted molar refractivity (Wildman–Crippen MR) is 134 cm³/mol. The first-order valence-electron chi connectivity index (χ1n) is 11.2. The second-order valence-corrected chi connectivity index (χ2v) is 9.38. The van der Waals surface area contributed by atoms with Crippen LogP contribution in [0.2, 0.25) is 0 Å². The highest BCUT2D eigenvalue weighted by Gasteiger charge is 2.22. The molecular formula is C26H24N6O2S. The van der Waals surface area contributed by atoms with Crippen molar-refractivity contribution in [1.82, 2.24) is 15.3 Å². The Morgan fingerprint density at radius 1 is 1.11 bits per heavy atom. The van der Waals surface area contributed by atoms with Crippen LogP contribution in [0, 0.1) is 42.4 Å². The summed E-state index contributed by atoms with van der Waals surface area (Å²) in [6, 6.07) is 14.7. The molecule has 1 aliphatic carbocycles. The Balaban J connectivity index is 1.57. The number of hydrogen-bond donors (Lipinski definition) is 2. The SMILES string of the molecule is Cc1cc(C#N)cc(C)c1Oc1nc(Nc2ccc(C#N)cc2)ncc1SCC(=O)NCC1CC1. The molecule has 4 rings (SSSR count). The van der Waals surface area contributed by atoms with E-state index in [1.54, 1.807) is 42.6 Å². The fourth-order valence-corrected chi connectivity index (χ4v) is 4.12. The summed E-state index contributed by atoms with van der Waals surface area (Å²) in [5.41, 5.74) is 3.44. The summed E-state index contributed by atoms with van der Waals surface area (Å²) >= 11 is 1.31. The first-order valence-corrected chi connectivity index (χ1v) is 12.2. The molecular weight excluding hydrogens is 460 g/mol. The number of amides is 1. The Labute approximate surface area is 208 Å². The molecule has 1 aromatic heterocycles. The van der Waals surface area contributed by atoms with E-state index in [1.165, 1.54) is 24.6 Å². The summed E-state index contributed by atoms with van der Waals surface area (Å²) in [7, 11) is 0. The van der Waals surface area contributed by atoms with Crippen molar-refractivity contribution >= 4 is 29.3 Å². The Bertz CT molecular complexity index is 1300. The topological polar surface area (TPSA) is 124 Å². The second kappa shape index (κ2) is 10.9. The molecule has 0 bridgehead atoms. The Morgan fingerprint density at radius 3 is 2.43 bits per heavy atom. The van der Waals surface area contributed by atoms with E-state index in [0.717, 1.165) is 23.4 Å². The van der Waals surface area contributed by atoms with Crippen LogP contribution in [-0.2, 0) is 4.79 Å². The zero-order valence-corrected chi connectivity index (χ0v) is 20.3. The first-order chi connectivity index (χ1) is 16.9. The van der Waals surface area contributed by atoms with Crippen molar-refractivity contribution in [3.05, 3.63) is 64.8 Å². The highest BCUT2D eigenvalue weighted by Crippen LogP contribution is 2.35. The molecule has 8 nitrogen and oxygen atoms in total. The highest BCUT2D eigenvalue weighted by molar-refractivity contribution is 8.00. The van der Waals surface area contributed by atoms with Gasteiger partial charge in [0.2, 0.25) is 17.7 Å². The van der Waals surface area contributed by atoms with E-state index in [-0.39, 0.29) is 11.7 Å². The van der Waals surface area contributed by atoms with E-state index >= 15 is 0 Å². The quantitative estimate of drug-likeness (QED) is 0.407. The maximum Gasteiger partial charge on any atom is 0.237 e. The van der Waals surface area contributed by atoms with Gasteiger partial charge in [-0.1, -0.05) is 0 Å². The van der Waals surface area contributed by atoms with Gasteiger partial charge in [0, 0.05) is 18.4 Å². The Hall–Kier alpha value is -4.08. The van der Waals surface area contributed by atoms with Crippen LogP contribution >= 0.6 is 11.8 Å². The van der Waals surface area contributed by atoms with E-state index in [1.807, 2.05) is 13.8 Å². The molecule has 1 fully saturated rings. The minimum Gasteiger partial charge on any atom is -0.437 e. The van der Waals surface area contributed by atoms with Crippen molar-refractivity contribution in [1.29, 1.82) is 10.5 Å². The zero-order valence-electron chi connectivity index (χ0n) is 19.5. The Kier molecular flexibility index (Phi) is 7.49. The minimum atomic E-state index is -0.0432. The van der Waals surface area contributed by atoms with E-state index in [0.29, 0.717) is 39.5 Å². The largest absolute Gasteiger partial charge is 0.437 e. The van der Waals surface area contributed by atoms with Crippen LogP contribution in [-0.4, -0.2) is 28.2 Å². The van der Waals surface area contributed by atoms with Crippen LogP contribution in [0.25, 0.3) is 0 Å². The number of anilines is 2. The van der Waals surface area contributed by atoms with Crippen molar-refractivity contribution in [3.63, 3.8) is 0 Å². The molecule has 176 valence electrons. The number of rotatable bonds is 9.